The Labute approximate surface area is 227 Å². The van der Waals surface area contributed by atoms with Crippen LogP contribution >= 0.6 is 11.3 Å². The topological polar surface area (TPSA) is 106 Å². The van der Waals surface area contributed by atoms with Gasteiger partial charge in [0.1, 0.15) is 5.82 Å². The van der Waals surface area contributed by atoms with Crippen molar-refractivity contribution in [2.45, 2.75) is 24.7 Å². The molecular formula is C27H23F3N4O3S2. The van der Waals surface area contributed by atoms with E-state index in [-0.39, 0.29) is 36.7 Å². The molecule has 2 aliphatic rings. The maximum absolute atomic E-state index is 14.1. The van der Waals surface area contributed by atoms with Gasteiger partial charge in [0.25, 0.3) is 0 Å². The van der Waals surface area contributed by atoms with Crippen LogP contribution in [0.5, 0.6) is 0 Å². The zero-order chi connectivity index (χ0) is 27.9. The van der Waals surface area contributed by atoms with Crippen molar-refractivity contribution in [3.63, 3.8) is 0 Å². The third-order valence-corrected chi connectivity index (χ3v) is 9.63. The highest BCUT2D eigenvalue weighted by Crippen LogP contribution is 2.48. The fourth-order valence-corrected chi connectivity index (χ4v) is 7.19. The molecule has 12 heteroatoms. The van der Waals surface area contributed by atoms with E-state index in [1.165, 1.54) is 41.8 Å². The van der Waals surface area contributed by atoms with Crippen molar-refractivity contribution < 1.29 is 26.4 Å². The second-order valence-corrected chi connectivity index (χ2v) is 12.5. The van der Waals surface area contributed by atoms with E-state index in [1.54, 1.807) is 12.3 Å². The number of carbonyl (C=O) groups is 1. The van der Waals surface area contributed by atoms with Crippen molar-refractivity contribution in [2.75, 3.05) is 13.1 Å². The van der Waals surface area contributed by atoms with Crippen LogP contribution in [0.15, 0.2) is 82.0 Å². The number of hydrogen-bond acceptors (Lipinski definition) is 7. The average Bonchev–Trinajstić information content (AvgIpc) is 3.36. The molecule has 1 aliphatic heterocycles. The SMILES string of the molecule is Cc1cnc(C(=O)[C@]23C/C(=C/N)C(=Nc4ccc(F)cc4)C=C2CCN(S(=O)(=O)c2ccc(F)c(F)c2)C3)s1. The summed E-state index contributed by atoms with van der Waals surface area (Å²) in [4.78, 5) is 23.3. The summed E-state index contributed by atoms with van der Waals surface area (Å²) in [6.07, 6.45) is 4.84. The molecule has 2 heterocycles. The lowest BCUT2D eigenvalue weighted by Crippen LogP contribution is -2.53. The van der Waals surface area contributed by atoms with Crippen LogP contribution < -0.4 is 5.73 Å². The fourth-order valence-electron chi connectivity index (χ4n) is 4.88. The Morgan fingerprint density at radius 3 is 2.54 bits per heavy atom. The first kappa shape index (κ1) is 27.0. The van der Waals surface area contributed by atoms with Crippen LogP contribution in [-0.2, 0) is 10.0 Å². The molecule has 5 rings (SSSR count). The minimum Gasteiger partial charge on any atom is -0.404 e. The highest BCUT2D eigenvalue weighted by Gasteiger charge is 2.52. The lowest BCUT2D eigenvalue weighted by Gasteiger charge is -2.45. The standard InChI is InChI=1S/C27H23F3N4O3S2/c1-16-14-32-26(38-16)25(35)27-12-17(13-31)24(33-20-4-2-19(28)3-5-20)10-18(27)8-9-34(15-27)39(36,37)21-6-7-22(29)23(30)11-21/h2-7,10-11,13-14H,8-9,12,15,31H2,1H3/b17-13-,33-24?/t27-/m0/s1. The molecule has 0 bridgehead atoms. The lowest BCUT2D eigenvalue weighted by atomic mass is 9.65. The smallest absolute Gasteiger partial charge is 0.243 e. The van der Waals surface area contributed by atoms with Crippen molar-refractivity contribution in [1.82, 2.24) is 9.29 Å². The molecule has 1 aliphatic carbocycles. The second-order valence-electron chi connectivity index (χ2n) is 9.36. The molecule has 0 radical (unpaired) electrons. The number of hydrogen-bond donors (Lipinski definition) is 1. The van der Waals surface area contributed by atoms with E-state index in [1.807, 2.05) is 6.92 Å². The van der Waals surface area contributed by atoms with Crippen molar-refractivity contribution in [3.05, 3.63) is 99.4 Å². The number of aryl methyl sites for hydroxylation is 1. The molecule has 2 N–H and O–H groups in total. The number of ketones is 1. The lowest BCUT2D eigenvalue weighted by molar-refractivity contribution is 0.0776. The van der Waals surface area contributed by atoms with E-state index < -0.39 is 37.8 Å². The van der Waals surface area contributed by atoms with E-state index in [0.717, 1.165) is 21.3 Å². The molecule has 39 heavy (non-hydrogen) atoms. The third kappa shape index (κ3) is 4.95. The number of carbonyl (C=O) groups excluding carboxylic acids is 1. The van der Waals surface area contributed by atoms with Crippen LogP contribution in [-0.4, -0.2) is 42.3 Å². The van der Waals surface area contributed by atoms with Gasteiger partial charge in [-0.1, -0.05) is 5.57 Å². The number of aromatic nitrogens is 1. The zero-order valence-corrected chi connectivity index (χ0v) is 22.3. The third-order valence-electron chi connectivity index (χ3n) is 6.88. The first-order valence-electron chi connectivity index (χ1n) is 11.9. The van der Waals surface area contributed by atoms with Crippen LogP contribution in [0, 0.1) is 29.8 Å². The van der Waals surface area contributed by atoms with Crippen molar-refractivity contribution in [1.29, 1.82) is 0 Å². The first-order valence-corrected chi connectivity index (χ1v) is 14.2. The van der Waals surface area contributed by atoms with Crippen LogP contribution in [0.25, 0.3) is 0 Å². The highest BCUT2D eigenvalue weighted by atomic mass is 32.2. The number of nitrogens with zero attached hydrogens (tertiary/aromatic N) is 3. The largest absolute Gasteiger partial charge is 0.404 e. The Hall–Kier alpha value is -3.61. The number of halogens is 3. The zero-order valence-electron chi connectivity index (χ0n) is 20.7. The Balaban J connectivity index is 1.61. The van der Waals surface area contributed by atoms with E-state index in [4.69, 9.17) is 5.73 Å². The van der Waals surface area contributed by atoms with Crippen molar-refractivity contribution in [2.24, 2.45) is 16.1 Å². The van der Waals surface area contributed by atoms with Gasteiger partial charge in [0.05, 0.1) is 21.7 Å². The molecule has 1 aromatic heterocycles. The Morgan fingerprint density at radius 2 is 1.90 bits per heavy atom. The predicted octanol–water partition coefficient (Wildman–Crippen LogP) is 5.08. The average molecular weight is 573 g/mol. The predicted molar refractivity (Wildman–Crippen MR) is 142 cm³/mol. The number of rotatable bonds is 5. The van der Waals surface area contributed by atoms with Crippen LogP contribution in [0.2, 0.25) is 0 Å². The Kier molecular flexibility index (Phi) is 7.04. The Bertz CT molecular complexity index is 1660. The molecule has 0 spiro atoms. The molecule has 2 aromatic carbocycles. The van der Waals surface area contributed by atoms with Gasteiger partial charge in [-0.3, -0.25) is 4.79 Å². The Morgan fingerprint density at radius 1 is 1.15 bits per heavy atom. The summed E-state index contributed by atoms with van der Waals surface area (Å²) in [7, 11) is -4.28. The molecular weight excluding hydrogens is 549 g/mol. The van der Waals surface area contributed by atoms with Gasteiger partial charge in [0.2, 0.25) is 15.8 Å². The van der Waals surface area contributed by atoms with Crippen LogP contribution in [0.3, 0.4) is 0 Å². The van der Waals surface area contributed by atoms with Gasteiger partial charge < -0.3 is 5.73 Å². The summed E-state index contributed by atoms with van der Waals surface area (Å²) in [6.45, 7) is 1.56. The van der Waals surface area contributed by atoms with Gasteiger partial charge in [-0.05, 0) is 80.1 Å². The number of piperidine rings is 1. The number of allylic oxidation sites excluding steroid dienone is 2. The maximum Gasteiger partial charge on any atom is 0.243 e. The van der Waals surface area contributed by atoms with E-state index in [2.05, 4.69) is 9.98 Å². The molecule has 7 nitrogen and oxygen atoms in total. The summed E-state index contributed by atoms with van der Waals surface area (Å²) in [6, 6.07) is 7.97. The van der Waals surface area contributed by atoms with E-state index in [0.29, 0.717) is 28.6 Å². The monoisotopic (exact) mass is 572 g/mol. The first-order chi connectivity index (χ1) is 18.5. The van der Waals surface area contributed by atoms with Gasteiger partial charge in [-0.25, -0.2) is 31.6 Å². The number of sulfonamides is 1. The number of thiazole rings is 1. The number of nitrogens with two attached hydrogens (primary N) is 1. The molecule has 1 saturated heterocycles. The molecule has 1 atom stereocenters. The van der Waals surface area contributed by atoms with Gasteiger partial charge in [-0.15, -0.1) is 11.3 Å². The number of fused-ring (bicyclic) bond motifs is 1. The number of benzene rings is 2. The summed E-state index contributed by atoms with van der Waals surface area (Å²) in [5, 5.41) is 0.223. The minimum atomic E-state index is -4.28. The normalized spacial score (nSPS) is 22.1. The van der Waals surface area contributed by atoms with Crippen LogP contribution in [0.4, 0.5) is 18.9 Å². The highest BCUT2D eigenvalue weighted by molar-refractivity contribution is 7.89. The van der Waals surface area contributed by atoms with E-state index in [9.17, 15) is 26.4 Å². The molecule has 202 valence electrons. The van der Waals surface area contributed by atoms with Gasteiger partial charge in [0.15, 0.2) is 16.6 Å². The number of aliphatic imine (C=N–C) groups is 1. The van der Waals surface area contributed by atoms with E-state index >= 15 is 0 Å². The summed E-state index contributed by atoms with van der Waals surface area (Å²) < 4.78 is 69.0. The molecule has 0 saturated carbocycles. The van der Waals surface area contributed by atoms with Gasteiger partial charge in [-0.2, -0.15) is 4.31 Å². The quantitative estimate of drug-likeness (QED) is 0.430. The molecule has 0 amide bonds. The summed E-state index contributed by atoms with van der Waals surface area (Å²) >= 11 is 1.20. The molecule has 3 aromatic rings. The van der Waals surface area contributed by atoms with Crippen molar-refractivity contribution >= 4 is 38.5 Å². The van der Waals surface area contributed by atoms with Crippen molar-refractivity contribution in [3.8, 4) is 0 Å². The number of Topliss-reactive ketones (excluding diaryl/α,β-unsaturated/α-hetero) is 1. The minimum absolute atomic E-state index is 0.00455. The maximum atomic E-state index is 14.1. The fraction of sp³-hybridized carbons (Fsp3) is 0.222. The second kappa shape index (κ2) is 10.2. The summed E-state index contributed by atoms with van der Waals surface area (Å²) in [5.41, 5.74) is 6.74. The van der Waals surface area contributed by atoms with Gasteiger partial charge in [0, 0.05) is 24.2 Å². The summed E-state index contributed by atoms with van der Waals surface area (Å²) in [5.74, 6) is -3.22. The van der Waals surface area contributed by atoms with Gasteiger partial charge >= 0.3 is 0 Å². The van der Waals surface area contributed by atoms with Crippen LogP contribution in [0.1, 0.15) is 27.5 Å². The molecule has 1 fully saturated rings. The molecule has 0 unspecified atom stereocenters.